The lowest BCUT2D eigenvalue weighted by molar-refractivity contribution is 0.417. The Morgan fingerprint density at radius 1 is 1.23 bits per heavy atom. The summed E-state index contributed by atoms with van der Waals surface area (Å²) in [4.78, 5) is 11.2. The van der Waals surface area contributed by atoms with E-state index in [-0.39, 0.29) is 0 Å². The molecule has 1 N–H and O–H groups in total. The van der Waals surface area contributed by atoms with Gasteiger partial charge in [-0.1, -0.05) is 25.5 Å². The average molecular weight is 300 g/mol. The van der Waals surface area contributed by atoms with Gasteiger partial charge in [0, 0.05) is 25.4 Å². The van der Waals surface area contributed by atoms with Crippen molar-refractivity contribution in [2.75, 3.05) is 30.9 Å². The van der Waals surface area contributed by atoms with Gasteiger partial charge in [-0.05, 0) is 25.5 Å². The van der Waals surface area contributed by atoms with Gasteiger partial charge in [0.05, 0.1) is 12.8 Å². The van der Waals surface area contributed by atoms with E-state index >= 15 is 0 Å². The van der Waals surface area contributed by atoms with Crippen molar-refractivity contribution in [1.82, 2.24) is 9.97 Å². The Hall–Kier alpha value is -2.30. The summed E-state index contributed by atoms with van der Waals surface area (Å²) >= 11 is 0. The molecule has 0 fully saturated rings. The first-order valence-electron chi connectivity index (χ1n) is 7.61. The number of nitrogens with zero attached hydrogens (tertiary/aromatic N) is 3. The third-order valence-electron chi connectivity index (χ3n) is 3.43. The van der Waals surface area contributed by atoms with Crippen molar-refractivity contribution < 1.29 is 4.74 Å². The highest BCUT2D eigenvalue weighted by Crippen LogP contribution is 2.26. The second-order valence-corrected chi connectivity index (χ2v) is 5.29. The van der Waals surface area contributed by atoms with Crippen molar-refractivity contribution >= 4 is 17.5 Å². The summed E-state index contributed by atoms with van der Waals surface area (Å²) in [6.45, 7) is 5.15. The maximum absolute atomic E-state index is 5.35. The Morgan fingerprint density at radius 2 is 2.00 bits per heavy atom. The number of hydrogen-bond acceptors (Lipinski definition) is 5. The molecule has 5 nitrogen and oxygen atoms in total. The van der Waals surface area contributed by atoms with Crippen LogP contribution in [0.15, 0.2) is 30.3 Å². The van der Waals surface area contributed by atoms with Crippen molar-refractivity contribution in [3.63, 3.8) is 0 Å². The molecule has 0 radical (unpaired) electrons. The Kier molecular flexibility index (Phi) is 5.58. The van der Waals surface area contributed by atoms with E-state index in [1.807, 2.05) is 37.3 Å². The smallest absolute Gasteiger partial charge is 0.229 e. The molecule has 0 spiro atoms. The molecule has 0 aliphatic carbocycles. The van der Waals surface area contributed by atoms with E-state index in [2.05, 4.69) is 34.2 Å². The third-order valence-corrected chi connectivity index (χ3v) is 3.43. The second kappa shape index (κ2) is 7.64. The zero-order chi connectivity index (χ0) is 15.9. The number of unbranched alkanes of at least 4 members (excludes halogenated alkanes) is 1. The maximum atomic E-state index is 5.35. The number of rotatable bonds is 7. The molecule has 2 rings (SSSR count). The number of nitrogens with one attached hydrogen (secondary N) is 1. The Labute approximate surface area is 132 Å². The molecule has 118 valence electrons. The van der Waals surface area contributed by atoms with Crippen LogP contribution in [0, 0.1) is 6.92 Å². The topological polar surface area (TPSA) is 50.3 Å². The molecule has 0 aliphatic heterocycles. The zero-order valence-corrected chi connectivity index (χ0v) is 13.8. The van der Waals surface area contributed by atoms with E-state index in [1.165, 1.54) is 6.42 Å². The van der Waals surface area contributed by atoms with E-state index in [4.69, 9.17) is 4.74 Å². The van der Waals surface area contributed by atoms with Crippen LogP contribution in [-0.2, 0) is 0 Å². The number of para-hydroxylation sites is 2. The summed E-state index contributed by atoms with van der Waals surface area (Å²) in [5, 5.41) is 3.24. The predicted octanol–water partition coefficient (Wildman–Crippen LogP) is 3.77. The minimum Gasteiger partial charge on any atom is -0.495 e. The van der Waals surface area contributed by atoms with E-state index in [1.54, 1.807) is 7.11 Å². The molecule has 0 aliphatic rings. The number of ether oxygens (including phenoxy) is 1. The highest BCUT2D eigenvalue weighted by molar-refractivity contribution is 5.63. The number of hydrogen-bond donors (Lipinski definition) is 1. The van der Waals surface area contributed by atoms with Gasteiger partial charge in [-0.15, -0.1) is 0 Å². The molecule has 0 saturated carbocycles. The number of anilines is 3. The van der Waals surface area contributed by atoms with Gasteiger partial charge in [0.2, 0.25) is 5.95 Å². The van der Waals surface area contributed by atoms with Gasteiger partial charge < -0.3 is 15.0 Å². The van der Waals surface area contributed by atoms with Crippen molar-refractivity contribution in [2.45, 2.75) is 26.7 Å². The van der Waals surface area contributed by atoms with Gasteiger partial charge in [-0.3, -0.25) is 0 Å². The third kappa shape index (κ3) is 4.10. The molecule has 1 aromatic carbocycles. The van der Waals surface area contributed by atoms with Gasteiger partial charge in [0.25, 0.3) is 0 Å². The van der Waals surface area contributed by atoms with Gasteiger partial charge in [0.15, 0.2) is 0 Å². The largest absolute Gasteiger partial charge is 0.495 e. The predicted molar refractivity (Wildman–Crippen MR) is 91.2 cm³/mol. The molecule has 0 unspecified atom stereocenters. The van der Waals surface area contributed by atoms with Gasteiger partial charge >= 0.3 is 0 Å². The van der Waals surface area contributed by atoms with Crippen molar-refractivity contribution in [3.05, 3.63) is 36.0 Å². The first-order valence-corrected chi connectivity index (χ1v) is 7.61. The minimum atomic E-state index is 0.586. The van der Waals surface area contributed by atoms with E-state index in [0.29, 0.717) is 5.95 Å². The molecular weight excluding hydrogens is 276 g/mol. The van der Waals surface area contributed by atoms with Crippen LogP contribution in [0.1, 0.15) is 25.5 Å². The molecule has 22 heavy (non-hydrogen) atoms. The van der Waals surface area contributed by atoms with Crippen LogP contribution in [0.2, 0.25) is 0 Å². The fraction of sp³-hybridized carbons (Fsp3) is 0.412. The average Bonchev–Trinajstić information content (AvgIpc) is 2.52. The number of methoxy groups -OCH3 is 1. The zero-order valence-electron chi connectivity index (χ0n) is 13.8. The standard InChI is InChI=1S/C17H24N4O/c1-5-6-11-21(3)16-12-13(2)18-17(20-16)19-14-9-7-8-10-15(14)22-4/h7-10,12H,5-6,11H2,1-4H3,(H,18,19,20). The first-order chi connectivity index (χ1) is 10.6. The number of aromatic nitrogens is 2. The van der Waals surface area contributed by atoms with Crippen molar-refractivity contribution in [3.8, 4) is 5.75 Å². The van der Waals surface area contributed by atoms with Crippen LogP contribution in [0.25, 0.3) is 0 Å². The second-order valence-electron chi connectivity index (χ2n) is 5.29. The molecule has 1 heterocycles. The Balaban J connectivity index is 2.22. The summed E-state index contributed by atoms with van der Waals surface area (Å²) in [6, 6.07) is 9.75. The molecule has 0 bridgehead atoms. The molecule has 0 atom stereocenters. The molecule has 5 heteroatoms. The van der Waals surface area contributed by atoms with Crippen LogP contribution >= 0.6 is 0 Å². The molecule has 0 saturated heterocycles. The van der Waals surface area contributed by atoms with E-state index in [0.717, 1.165) is 35.9 Å². The fourth-order valence-corrected chi connectivity index (χ4v) is 2.18. The molecular formula is C17H24N4O. The lowest BCUT2D eigenvalue weighted by atomic mass is 10.3. The highest BCUT2D eigenvalue weighted by Gasteiger charge is 2.08. The van der Waals surface area contributed by atoms with E-state index < -0.39 is 0 Å². The molecule has 0 amide bonds. The van der Waals surface area contributed by atoms with Gasteiger partial charge in [0.1, 0.15) is 11.6 Å². The monoisotopic (exact) mass is 300 g/mol. The Morgan fingerprint density at radius 3 is 2.73 bits per heavy atom. The van der Waals surface area contributed by atoms with Crippen molar-refractivity contribution in [2.24, 2.45) is 0 Å². The Bertz CT molecular complexity index is 615. The van der Waals surface area contributed by atoms with Gasteiger partial charge in [-0.25, -0.2) is 4.98 Å². The number of benzene rings is 1. The lowest BCUT2D eigenvalue weighted by Crippen LogP contribution is -2.20. The quantitative estimate of drug-likeness (QED) is 0.843. The highest BCUT2D eigenvalue weighted by atomic mass is 16.5. The minimum absolute atomic E-state index is 0.586. The lowest BCUT2D eigenvalue weighted by Gasteiger charge is -2.19. The molecule has 2 aromatic rings. The summed E-state index contributed by atoms with van der Waals surface area (Å²) in [5.74, 6) is 2.29. The number of aryl methyl sites for hydroxylation is 1. The van der Waals surface area contributed by atoms with Crippen LogP contribution in [-0.4, -0.2) is 30.7 Å². The normalized spacial score (nSPS) is 10.4. The first kappa shape index (κ1) is 16.1. The van der Waals surface area contributed by atoms with Crippen LogP contribution in [0.4, 0.5) is 17.5 Å². The van der Waals surface area contributed by atoms with Crippen molar-refractivity contribution in [1.29, 1.82) is 0 Å². The van der Waals surface area contributed by atoms with Crippen LogP contribution < -0.4 is 15.0 Å². The fourth-order valence-electron chi connectivity index (χ4n) is 2.18. The van der Waals surface area contributed by atoms with E-state index in [9.17, 15) is 0 Å². The van der Waals surface area contributed by atoms with Crippen LogP contribution in [0.3, 0.4) is 0 Å². The summed E-state index contributed by atoms with van der Waals surface area (Å²) in [5.41, 5.74) is 1.79. The van der Waals surface area contributed by atoms with Gasteiger partial charge in [-0.2, -0.15) is 4.98 Å². The van der Waals surface area contributed by atoms with Crippen LogP contribution in [0.5, 0.6) is 5.75 Å². The molecule has 1 aromatic heterocycles. The summed E-state index contributed by atoms with van der Waals surface area (Å²) in [7, 11) is 3.71. The maximum Gasteiger partial charge on any atom is 0.229 e. The summed E-state index contributed by atoms with van der Waals surface area (Å²) < 4.78 is 5.35. The summed E-state index contributed by atoms with van der Waals surface area (Å²) in [6.07, 6.45) is 2.32. The SMILES string of the molecule is CCCCN(C)c1cc(C)nc(Nc2ccccc2OC)n1.